The van der Waals surface area contributed by atoms with E-state index < -0.39 is 5.82 Å². The van der Waals surface area contributed by atoms with Gasteiger partial charge in [-0.3, -0.25) is 9.59 Å². The minimum atomic E-state index is -0.544. The Hall–Kier alpha value is -1.66. The summed E-state index contributed by atoms with van der Waals surface area (Å²) in [5.41, 5.74) is 0.408. The van der Waals surface area contributed by atoms with Crippen LogP contribution in [0.15, 0.2) is 18.2 Å². The fourth-order valence-electron chi connectivity index (χ4n) is 1.99. The summed E-state index contributed by atoms with van der Waals surface area (Å²) in [5, 5.41) is 2.52. The van der Waals surface area contributed by atoms with E-state index in [0.717, 1.165) is 0 Å². The first-order valence-electron chi connectivity index (χ1n) is 6.66. The maximum absolute atomic E-state index is 13.0. The molecule has 0 aliphatic carbocycles. The standard InChI is InChI=1S/C14H16ClFN2O3/c15-11-9-10(1-2-12(11)16)17-13(19)3-4-14(20)18-5-7-21-8-6-18/h1-2,9H,3-8H2,(H,17,19). The molecule has 21 heavy (non-hydrogen) atoms. The molecule has 0 radical (unpaired) electrons. The molecule has 0 atom stereocenters. The summed E-state index contributed by atoms with van der Waals surface area (Å²) in [5.74, 6) is -0.915. The number of carbonyl (C=O) groups is 2. The van der Waals surface area contributed by atoms with Crippen LogP contribution < -0.4 is 5.32 Å². The first-order chi connectivity index (χ1) is 10.1. The Morgan fingerprint density at radius 3 is 2.67 bits per heavy atom. The number of hydrogen-bond acceptors (Lipinski definition) is 3. The van der Waals surface area contributed by atoms with Gasteiger partial charge in [0.1, 0.15) is 5.82 Å². The van der Waals surface area contributed by atoms with Gasteiger partial charge in [-0.25, -0.2) is 4.39 Å². The minimum Gasteiger partial charge on any atom is -0.378 e. The van der Waals surface area contributed by atoms with Gasteiger partial charge in [0.2, 0.25) is 11.8 Å². The number of ether oxygens (including phenoxy) is 1. The van der Waals surface area contributed by atoms with Crippen molar-refractivity contribution in [1.82, 2.24) is 4.90 Å². The molecule has 1 aromatic carbocycles. The molecule has 1 heterocycles. The van der Waals surface area contributed by atoms with Crippen molar-refractivity contribution in [3.05, 3.63) is 29.0 Å². The number of halogens is 2. The van der Waals surface area contributed by atoms with Crippen LogP contribution in [0, 0.1) is 5.82 Å². The zero-order chi connectivity index (χ0) is 15.2. The molecule has 2 rings (SSSR count). The van der Waals surface area contributed by atoms with Gasteiger partial charge in [-0.2, -0.15) is 0 Å². The van der Waals surface area contributed by atoms with E-state index in [2.05, 4.69) is 5.32 Å². The van der Waals surface area contributed by atoms with Crippen molar-refractivity contribution in [2.45, 2.75) is 12.8 Å². The molecule has 5 nitrogen and oxygen atoms in total. The molecule has 1 saturated heterocycles. The molecule has 1 fully saturated rings. The Balaban J connectivity index is 1.78. The normalized spacial score (nSPS) is 14.9. The lowest BCUT2D eigenvalue weighted by molar-refractivity contribution is -0.136. The van der Waals surface area contributed by atoms with E-state index in [1.807, 2.05) is 0 Å². The predicted molar refractivity (Wildman–Crippen MR) is 76.7 cm³/mol. The van der Waals surface area contributed by atoms with Crippen LogP contribution in [-0.2, 0) is 14.3 Å². The van der Waals surface area contributed by atoms with Crippen molar-refractivity contribution in [3.8, 4) is 0 Å². The van der Waals surface area contributed by atoms with Crippen molar-refractivity contribution in [3.63, 3.8) is 0 Å². The van der Waals surface area contributed by atoms with Crippen molar-refractivity contribution in [2.24, 2.45) is 0 Å². The summed E-state index contributed by atoms with van der Waals surface area (Å²) in [4.78, 5) is 25.3. The molecule has 114 valence electrons. The monoisotopic (exact) mass is 314 g/mol. The Kier molecular flexibility index (Phi) is 5.52. The highest BCUT2D eigenvalue weighted by Gasteiger charge is 2.17. The lowest BCUT2D eigenvalue weighted by Crippen LogP contribution is -2.40. The second kappa shape index (κ2) is 7.38. The summed E-state index contributed by atoms with van der Waals surface area (Å²) in [6, 6.07) is 3.93. The molecule has 1 aliphatic rings. The van der Waals surface area contributed by atoms with Gasteiger partial charge in [0.15, 0.2) is 0 Å². The van der Waals surface area contributed by atoms with Crippen LogP contribution >= 0.6 is 11.6 Å². The quantitative estimate of drug-likeness (QED) is 0.925. The Morgan fingerprint density at radius 2 is 2.00 bits per heavy atom. The van der Waals surface area contributed by atoms with E-state index in [9.17, 15) is 14.0 Å². The lowest BCUT2D eigenvalue weighted by atomic mass is 10.2. The van der Waals surface area contributed by atoms with Crippen molar-refractivity contribution < 1.29 is 18.7 Å². The van der Waals surface area contributed by atoms with Crippen molar-refractivity contribution in [1.29, 1.82) is 0 Å². The highest BCUT2D eigenvalue weighted by molar-refractivity contribution is 6.31. The minimum absolute atomic E-state index is 0.0582. The lowest BCUT2D eigenvalue weighted by Gasteiger charge is -2.26. The molecule has 1 N–H and O–H groups in total. The number of nitrogens with zero attached hydrogens (tertiary/aromatic N) is 1. The topological polar surface area (TPSA) is 58.6 Å². The number of carbonyl (C=O) groups excluding carboxylic acids is 2. The van der Waals surface area contributed by atoms with Crippen LogP contribution in [-0.4, -0.2) is 43.0 Å². The van der Waals surface area contributed by atoms with Gasteiger partial charge in [-0.15, -0.1) is 0 Å². The van der Waals surface area contributed by atoms with Gasteiger partial charge in [0.05, 0.1) is 18.2 Å². The third kappa shape index (κ3) is 4.68. The fourth-order valence-corrected chi connectivity index (χ4v) is 2.17. The smallest absolute Gasteiger partial charge is 0.224 e. The third-order valence-electron chi connectivity index (χ3n) is 3.13. The summed E-state index contributed by atoms with van der Waals surface area (Å²) < 4.78 is 18.1. The van der Waals surface area contributed by atoms with Crippen LogP contribution in [0.25, 0.3) is 0 Å². The molecule has 1 aliphatic heterocycles. The molecule has 0 spiro atoms. The zero-order valence-electron chi connectivity index (χ0n) is 11.4. The van der Waals surface area contributed by atoms with Crippen LogP contribution in [0.5, 0.6) is 0 Å². The second-order valence-electron chi connectivity index (χ2n) is 4.67. The van der Waals surface area contributed by atoms with Gasteiger partial charge in [-0.1, -0.05) is 11.6 Å². The van der Waals surface area contributed by atoms with Crippen LogP contribution in [0.2, 0.25) is 5.02 Å². The number of rotatable bonds is 4. The molecule has 1 aromatic rings. The number of morpholine rings is 1. The molecular weight excluding hydrogens is 299 g/mol. The Labute approximate surface area is 127 Å². The molecule has 2 amide bonds. The second-order valence-corrected chi connectivity index (χ2v) is 5.08. The molecule has 7 heteroatoms. The van der Waals surface area contributed by atoms with Crippen LogP contribution in [0.3, 0.4) is 0 Å². The third-order valence-corrected chi connectivity index (χ3v) is 3.42. The summed E-state index contributed by atoms with van der Waals surface area (Å²) >= 11 is 5.63. The molecular formula is C14H16ClFN2O3. The number of anilines is 1. The largest absolute Gasteiger partial charge is 0.378 e. The van der Waals surface area contributed by atoms with Gasteiger partial charge >= 0.3 is 0 Å². The van der Waals surface area contributed by atoms with Gasteiger partial charge in [0.25, 0.3) is 0 Å². The average Bonchev–Trinajstić information content (AvgIpc) is 2.49. The maximum Gasteiger partial charge on any atom is 0.224 e. The maximum atomic E-state index is 13.0. The van der Waals surface area contributed by atoms with Crippen molar-refractivity contribution in [2.75, 3.05) is 31.6 Å². The molecule has 0 saturated carbocycles. The van der Waals surface area contributed by atoms with Gasteiger partial charge in [-0.05, 0) is 18.2 Å². The van der Waals surface area contributed by atoms with E-state index >= 15 is 0 Å². The van der Waals surface area contributed by atoms with Crippen LogP contribution in [0.4, 0.5) is 10.1 Å². The van der Waals surface area contributed by atoms with Crippen LogP contribution in [0.1, 0.15) is 12.8 Å². The highest BCUT2D eigenvalue weighted by Crippen LogP contribution is 2.19. The Bertz CT molecular complexity index is 533. The number of hydrogen-bond donors (Lipinski definition) is 1. The summed E-state index contributed by atoms with van der Waals surface area (Å²) in [7, 11) is 0. The fraction of sp³-hybridized carbons (Fsp3) is 0.429. The van der Waals surface area contributed by atoms with E-state index in [4.69, 9.17) is 16.3 Å². The molecule has 0 bridgehead atoms. The highest BCUT2D eigenvalue weighted by atomic mass is 35.5. The number of benzene rings is 1. The zero-order valence-corrected chi connectivity index (χ0v) is 12.2. The predicted octanol–water partition coefficient (Wildman–Crippen LogP) is 2.06. The summed E-state index contributed by atoms with van der Waals surface area (Å²) in [6.07, 6.45) is 0.214. The van der Waals surface area contributed by atoms with Gasteiger partial charge in [0, 0.05) is 31.6 Å². The Morgan fingerprint density at radius 1 is 1.29 bits per heavy atom. The molecule has 0 unspecified atom stereocenters. The van der Waals surface area contributed by atoms with E-state index in [-0.39, 0.29) is 29.7 Å². The van der Waals surface area contributed by atoms with E-state index in [1.54, 1.807) is 4.90 Å². The SMILES string of the molecule is O=C(CCC(=O)N1CCOCC1)Nc1ccc(F)c(Cl)c1. The number of nitrogens with one attached hydrogen (secondary N) is 1. The van der Waals surface area contributed by atoms with E-state index in [1.165, 1.54) is 18.2 Å². The average molecular weight is 315 g/mol. The van der Waals surface area contributed by atoms with Crippen molar-refractivity contribution >= 4 is 29.1 Å². The molecule has 0 aromatic heterocycles. The summed E-state index contributed by atoms with van der Waals surface area (Å²) in [6.45, 7) is 2.19. The first-order valence-corrected chi connectivity index (χ1v) is 7.04. The van der Waals surface area contributed by atoms with Gasteiger partial charge < -0.3 is 15.0 Å². The van der Waals surface area contributed by atoms with E-state index in [0.29, 0.717) is 32.0 Å². The first kappa shape index (κ1) is 15.7. The number of amides is 2.